The van der Waals surface area contributed by atoms with Gasteiger partial charge in [-0.1, -0.05) is 18.2 Å². The van der Waals surface area contributed by atoms with Crippen LogP contribution in [0.25, 0.3) is 0 Å². The van der Waals surface area contributed by atoms with Gasteiger partial charge in [0.05, 0.1) is 5.75 Å². The van der Waals surface area contributed by atoms with E-state index in [0.717, 1.165) is 17.9 Å². The van der Waals surface area contributed by atoms with E-state index in [1.807, 2.05) is 6.07 Å². The molecule has 5 heteroatoms. The fourth-order valence-corrected chi connectivity index (χ4v) is 2.88. The standard InChI is InChI=1S/C10H14N2O2S/c13-11(9-4-2-1-3-5-9)12(14)10-6-7-15-8-10/h1-5,10-12H,6-8H2. The third-order valence-electron chi connectivity index (χ3n) is 2.56. The molecule has 15 heavy (non-hydrogen) atoms. The minimum absolute atomic E-state index is 0.0530. The van der Waals surface area contributed by atoms with Gasteiger partial charge in [0.15, 0.2) is 5.69 Å². The normalized spacial score (nSPS) is 25.1. The fraction of sp³-hybridized carbons (Fsp3) is 0.400. The summed E-state index contributed by atoms with van der Waals surface area (Å²) in [5, 5.41) is 23.0. The Morgan fingerprint density at radius 2 is 1.93 bits per heavy atom. The Kier molecular flexibility index (Phi) is 3.61. The number of hydroxylamine groups is 1. The number of thioether (sulfide) groups is 1. The maximum atomic E-state index is 11.8. The predicted molar refractivity (Wildman–Crippen MR) is 60.5 cm³/mol. The highest BCUT2D eigenvalue weighted by molar-refractivity contribution is 7.99. The summed E-state index contributed by atoms with van der Waals surface area (Å²) in [5.74, 6) is 1.80. The Hall–Kier alpha value is -0.590. The van der Waals surface area contributed by atoms with Crippen molar-refractivity contribution in [2.45, 2.75) is 12.5 Å². The van der Waals surface area contributed by atoms with Crippen LogP contribution < -0.4 is 10.3 Å². The largest absolute Gasteiger partial charge is 0.583 e. The SMILES string of the molecule is [O-][NH+](c1ccccc1)[NH+]([O-])C1CCSC1. The lowest BCUT2D eigenvalue weighted by Gasteiger charge is -2.35. The van der Waals surface area contributed by atoms with Gasteiger partial charge in [-0.15, -0.1) is 0 Å². The number of quaternary nitrogens is 2. The molecular formula is C10H14N2O2S. The number of hydrogen-bond acceptors (Lipinski definition) is 3. The molecule has 4 nitrogen and oxygen atoms in total. The summed E-state index contributed by atoms with van der Waals surface area (Å²) in [7, 11) is 0. The van der Waals surface area contributed by atoms with Gasteiger partial charge < -0.3 is 10.4 Å². The van der Waals surface area contributed by atoms with E-state index in [0.29, 0.717) is 5.69 Å². The van der Waals surface area contributed by atoms with Gasteiger partial charge in [-0.05, 0) is 5.75 Å². The van der Waals surface area contributed by atoms with Crippen molar-refractivity contribution >= 4 is 17.4 Å². The number of rotatable bonds is 3. The quantitative estimate of drug-likeness (QED) is 0.683. The van der Waals surface area contributed by atoms with Gasteiger partial charge in [0.2, 0.25) is 0 Å². The van der Waals surface area contributed by atoms with Crippen LogP contribution in [0.15, 0.2) is 30.3 Å². The van der Waals surface area contributed by atoms with Crippen molar-refractivity contribution in [3.05, 3.63) is 40.7 Å². The van der Waals surface area contributed by atoms with Gasteiger partial charge in [0.1, 0.15) is 6.04 Å². The molecule has 1 fully saturated rings. The molecule has 1 aromatic carbocycles. The second-order valence-electron chi connectivity index (χ2n) is 3.62. The van der Waals surface area contributed by atoms with E-state index in [9.17, 15) is 10.4 Å². The van der Waals surface area contributed by atoms with E-state index in [2.05, 4.69) is 0 Å². The zero-order chi connectivity index (χ0) is 10.7. The fourth-order valence-electron chi connectivity index (χ4n) is 1.66. The maximum absolute atomic E-state index is 11.8. The number of hydrogen-bond donors (Lipinski definition) is 2. The zero-order valence-electron chi connectivity index (χ0n) is 8.31. The van der Waals surface area contributed by atoms with E-state index in [-0.39, 0.29) is 16.4 Å². The Bertz CT molecular complexity index is 304. The van der Waals surface area contributed by atoms with Crippen LogP contribution >= 0.6 is 11.8 Å². The molecule has 1 aromatic rings. The summed E-state index contributed by atoms with van der Waals surface area (Å²) in [5.41, 5.74) is 0.513. The van der Waals surface area contributed by atoms with Gasteiger partial charge in [0, 0.05) is 18.6 Å². The van der Waals surface area contributed by atoms with Gasteiger partial charge in [-0.3, -0.25) is 0 Å². The van der Waals surface area contributed by atoms with E-state index in [1.165, 1.54) is 0 Å². The molecular weight excluding hydrogens is 212 g/mol. The molecule has 2 N–H and O–H groups in total. The lowest BCUT2D eigenvalue weighted by atomic mass is 10.3. The van der Waals surface area contributed by atoms with Gasteiger partial charge in [-0.25, -0.2) is 5.17 Å². The third kappa shape index (κ3) is 2.50. The van der Waals surface area contributed by atoms with Crippen molar-refractivity contribution in [2.24, 2.45) is 0 Å². The van der Waals surface area contributed by atoms with Gasteiger partial charge >= 0.3 is 0 Å². The van der Waals surface area contributed by atoms with E-state index in [1.54, 1.807) is 36.0 Å². The first kappa shape index (κ1) is 10.9. The molecule has 1 aliphatic heterocycles. The molecule has 1 heterocycles. The highest BCUT2D eigenvalue weighted by Crippen LogP contribution is 2.14. The Labute approximate surface area is 93.0 Å². The average molecular weight is 226 g/mol. The molecule has 1 saturated heterocycles. The van der Waals surface area contributed by atoms with Crippen molar-refractivity contribution < 1.29 is 10.3 Å². The summed E-state index contributed by atoms with van der Waals surface area (Å²) < 4.78 is 0. The van der Waals surface area contributed by atoms with Crippen molar-refractivity contribution in [1.82, 2.24) is 0 Å². The van der Waals surface area contributed by atoms with E-state index >= 15 is 0 Å². The van der Waals surface area contributed by atoms with Gasteiger partial charge in [-0.2, -0.15) is 16.9 Å². The highest BCUT2D eigenvalue weighted by Gasteiger charge is 2.26. The highest BCUT2D eigenvalue weighted by atomic mass is 32.2. The molecule has 0 radical (unpaired) electrons. The Morgan fingerprint density at radius 1 is 1.20 bits per heavy atom. The van der Waals surface area contributed by atoms with E-state index < -0.39 is 0 Å². The van der Waals surface area contributed by atoms with Crippen molar-refractivity contribution in [2.75, 3.05) is 11.5 Å². The van der Waals surface area contributed by atoms with Crippen LogP contribution in [0.2, 0.25) is 0 Å². The molecule has 3 atom stereocenters. The van der Waals surface area contributed by atoms with Gasteiger partial charge in [0.25, 0.3) is 0 Å². The van der Waals surface area contributed by atoms with Crippen LogP contribution in [0.3, 0.4) is 0 Å². The number of para-hydroxylation sites is 1. The molecule has 0 aliphatic carbocycles. The second kappa shape index (κ2) is 4.96. The smallest absolute Gasteiger partial charge is 0.179 e. The van der Waals surface area contributed by atoms with Crippen molar-refractivity contribution in [3.63, 3.8) is 0 Å². The molecule has 0 saturated carbocycles. The first-order valence-electron chi connectivity index (χ1n) is 5.00. The monoisotopic (exact) mass is 226 g/mol. The van der Waals surface area contributed by atoms with Crippen molar-refractivity contribution in [3.8, 4) is 0 Å². The lowest BCUT2D eigenvalue weighted by Crippen LogP contribution is -3.55. The van der Waals surface area contributed by atoms with Crippen LogP contribution in [0.4, 0.5) is 5.69 Å². The molecule has 82 valence electrons. The van der Waals surface area contributed by atoms with Crippen LogP contribution in [0, 0.1) is 10.4 Å². The molecule has 0 amide bonds. The second-order valence-corrected chi connectivity index (χ2v) is 4.77. The summed E-state index contributed by atoms with van der Waals surface area (Å²) >= 11 is 1.75. The average Bonchev–Trinajstić information content (AvgIpc) is 2.82. The van der Waals surface area contributed by atoms with Crippen LogP contribution in [0.1, 0.15) is 6.42 Å². The molecule has 0 aromatic heterocycles. The number of nitrogens with one attached hydrogen (secondary N) is 2. The first-order valence-corrected chi connectivity index (χ1v) is 6.16. The summed E-state index contributed by atoms with van der Waals surface area (Å²) in [6.07, 6.45) is 0.849. The molecule has 1 aliphatic rings. The maximum Gasteiger partial charge on any atom is 0.179 e. The molecule has 3 unspecified atom stereocenters. The van der Waals surface area contributed by atoms with E-state index in [4.69, 9.17) is 0 Å². The topological polar surface area (TPSA) is 55.0 Å². The predicted octanol–water partition coefficient (Wildman–Crippen LogP) is -0.496. The van der Waals surface area contributed by atoms with Crippen molar-refractivity contribution in [1.29, 1.82) is 0 Å². The zero-order valence-corrected chi connectivity index (χ0v) is 9.13. The van der Waals surface area contributed by atoms with Crippen LogP contribution in [0.5, 0.6) is 0 Å². The Morgan fingerprint density at radius 3 is 2.53 bits per heavy atom. The summed E-state index contributed by atoms with van der Waals surface area (Å²) in [6.45, 7) is 0. The minimum Gasteiger partial charge on any atom is -0.583 e. The number of benzene rings is 1. The summed E-state index contributed by atoms with van der Waals surface area (Å²) in [4.78, 5) is 0. The van der Waals surface area contributed by atoms with Crippen LogP contribution in [-0.2, 0) is 0 Å². The third-order valence-corrected chi connectivity index (χ3v) is 3.72. The molecule has 0 spiro atoms. The molecule has 0 bridgehead atoms. The van der Waals surface area contributed by atoms with Crippen LogP contribution in [-0.4, -0.2) is 17.5 Å². The minimum atomic E-state index is -0.330. The lowest BCUT2D eigenvalue weighted by molar-refractivity contribution is -1.44. The summed E-state index contributed by atoms with van der Waals surface area (Å²) in [6, 6.07) is 8.74. The first-order chi connectivity index (χ1) is 7.29. The molecule has 2 rings (SSSR count). The Balaban J connectivity index is 2.03.